The maximum atomic E-state index is 12.5. The van der Waals surface area contributed by atoms with Crippen LogP contribution in [0.25, 0.3) is 0 Å². The van der Waals surface area contributed by atoms with Crippen molar-refractivity contribution < 1.29 is 27.5 Å². The minimum absolute atomic E-state index is 0.0383. The van der Waals surface area contributed by atoms with E-state index in [-0.39, 0.29) is 36.6 Å². The number of carbonyl (C=O) groups excluding carboxylic acids is 2. The highest BCUT2D eigenvalue weighted by molar-refractivity contribution is 5.94. The van der Waals surface area contributed by atoms with Gasteiger partial charge in [0.1, 0.15) is 13.2 Å². The highest BCUT2D eigenvalue weighted by Gasteiger charge is 2.31. The third-order valence-electron chi connectivity index (χ3n) is 3.72. The lowest BCUT2D eigenvalue weighted by molar-refractivity contribution is -0.137. The molecule has 1 fully saturated rings. The molecule has 1 aromatic rings. The van der Waals surface area contributed by atoms with Crippen LogP contribution in [-0.4, -0.2) is 49.1 Å². The van der Waals surface area contributed by atoms with Crippen molar-refractivity contribution in [3.8, 4) is 12.3 Å². The molecule has 0 aliphatic carbocycles. The first-order valence-electron chi connectivity index (χ1n) is 7.58. The van der Waals surface area contributed by atoms with Gasteiger partial charge in [0.25, 0.3) is 5.91 Å². The summed E-state index contributed by atoms with van der Waals surface area (Å²) in [6, 6.07) is 3.85. The number of halogens is 3. The van der Waals surface area contributed by atoms with E-state index in [1.54, 1.807) is 0 Å². The first-order chi connectivity index (χ1) is 11.8. The summed E-state index contributed by atoms with van der Waals surface area (Å²) in [6.07, 6.45) is 1.13. The maximum Gasteiger partial charge on any atom is 0.416 e. The van der Waals surface area contributed by atoms with Gasteiger partial charge in [0, 0.05) is 24.7 Å². The molecule has 0 aromatic heterocycles. The standard InChI is InChI=1S/C17H17F3N2O3/c1-2-9-25-11-15(23)21-14-7-8-22(10-14)16(24)12-3-5-13(6-4-12)17(18,19)20/h1,3-6,14H,7-11H2,(H,21,23). The van der Waals surface area contributed by atoms with Crippen LogP contribution >= 0.6 is 0 Å². The van der Waals surface area contributed by atoms with Gasteiger partial charge in [-0.25, -0.2) is 0 Å². The van der Waals surface area contributed by atoms with Gasteiger partial charge in [-0.3, -0.25) is 9.59 Å². The van der Waals surface area contributed by atoms with Gasteiger partial charge in [0.2, 0.25) is 5.91 Å². The van der Waals surface area contributed by atoms with E-state index >= 15 is 0 Å². The largest absolute Gasteiger partial charge is 0.416 e. The average Bonchev–Trinajstić information content (AvgIpc) is 3.02. The number of alkyl halides is 3. The fourth-order valence-electron chi connectivity index (χ4n) is 2.52. The third kappa shape index (κ3) is 5.22. The van der Waals surface area contributed by atoms with Crippen LogP contribution in [0.3, 0.4) is 0 Å². The van der Waals surface area contributed by atoms with Gasteiger partial charge >= 0.3 is 6.18 Å². The maximum absolute atomic E-state index is 12.5. The molecule has 1 aromatic carbocycles. The second-order valence-corrected chi connectivity index (χ2v) is 5.58. The van der Waals surface area contributed by atoms with Crippen molar-refractivity contribution in [1.29, 1.82) is 0 Å². The number of carbonyl (C=O) groups is 2. The second kappa shape index (κ2) is 8.03. The third-order valence-corrected chi connectivity index (χ3v) is 3.72. The van der Waals surface area contributed by atoms with Crippen molar-refractivity contribution in [2.45, 2.75) is 18.6 Å². The molecule has 1 aliphatic heterocycles. The van der Waals surface area contributed by atoms with E-state index in [0.717, 1.165) is 24.3 Å². The lowest BCUT2D eigenvalue weighted by Gasteiger charge is -2.17. The lowest BCUT2D eigenvalue weighted by atomic mass is 10.1. The molecular weight excluding hydrogens is 337 g/mol. The van der Waals surface area contributed by atoms with Crippen molar-refractivity contribution in [1.82, 2.24) is 10.2 Å². The summed E-state index contributed by atoms with van der Waals surface area (Å²) in [4.78, 5) is 25.5. The predicted octanol–water partition coefficient (Wildman–Crippen LogP) is 1.69. The number of benzene rings is 1. The van der Waals surface area contributed by atoms with Crippen molar-refractivity contribution >= 4 is 11.8 Å². The summed E-state index contributed by atoms with van der Waals surface area (Å²) in [5.74, 6) is 1.55. The summed E-state index contributed by atoms with van der Waals surface area (Å²) in [6.45, 7) is 0.584. The minimum Gasteiger partial charge on any atom is -0.359 e. The zero-order chi connectivity index (χ0) is 18.4. The molecule has 0 bridgehead atoms. The molecule has 1 atom stereocenters. The number of hydrogen-bond donors (Lipinski definition) is 1. The van der Waals surface area contributed by atoms with Crippen molar-refractivity contribution in [3.05, 3.63) is 35.4 Å². The van der Waals surface area contributed by atoms with Crippen LogP contribution in [0.15, 0.2) is 24.3 Å². The molecule has 25 heavy (non-hydrogen) atoms. The van der Waals surface area contributed by atoms with Crippen LogP contribution in [0.4, 0.5) is 13.2 Å². The van der Waals surface area contributed by atoms with Crippen molar-refractivity contribution in [2.75, 3.05) is 26.3 Å². The van der Waals surface area contributed by atoms with E-state index in [9.17, 15) is 22.8 Å². The topological polar surface area (TPSA) is 58.6 Å². The van der Waals surface area contributed by atoms with Gasteiger partial charge in [-0.1, -0.05) is 5.92 Å². The molecule has 1 unspecified atom stereocenters. The number of nitrogens with one attached hydrogen (secondary N) is 1. The Labute approximate surface area is 143 Å². The molecule has 0 saturated carbocycles. The summed E-state index contributed by atoms with van der Waals surface area (Å²) >= 11 is 0. The fraction of sp³-hybridized carbons (Fsp3) is 0.412. The monoisotopic (exact) mass is 354 g/mol. The van der Waals surface area contributed by atoms with Crippen LogP contribution < -0.4 is 5.32 Å². The number of ether oxygens (including phenoxy) is 1. The van der Waals surface area contributed by atoms with Gasteiger partial charge in [-0.2, -0.15) is 13.2 Å². The van der Waals surface area contributed by atoms with Gasteiger partial charge < -0.3 is 15.0 Å². The minimum atomic E-state index is -4.44. The first kappa shape index (κ1) is 18.8. The van der Waals surface area contributed by atoms with Crippen LogP contribution in [0.1, 0.15) is 22.3 Å². The molecule has 1 heterocycles. The molecule has 0 radical (unpaired) electrons. The molecule has 8 heteroatoms. The van der Waals surface area contributed by atoms with Crippen molar-refractivity contribution in [3.63, 3.8) is 0 Å². The zero-order valence-electron chi connectivity index (χ0n) is 13.3. The highest BCUT2D eigenvalue weighted by Crippen LogP contribution is 2.29. The predicted molar refractivity (Wildman–Crippen MR) is 83.5 cm³/mol. The molecule has 0 spiro atoms. The summed E-state index contributed by atoms with van der Waals surface area (Å²) in [5, 5.41) is 2.73. The second-order valence-electron chi connectivity index (χ2n) is 5.58. The normalized spacial score (nSPS) is 17.2. The Morgan fingerprint density at radius 3 is 2.60 bits per heavy atom. The number of nitrogens with zero attached hydrogens (tertiary/aromatic N) is 1. The van der Waals surface area contributed by atoms with Crippen LogP contribution in [0.5, 0.6) is 0 Å². The smallest absolute Gasteiger partial charge is 0.359 e. The lowest BCUT2D eigenvalue weighted by Crippen LogP contribution is -2.40. The summed E-state index contributed by atoms with van der Waals surface area (Å²) in [5.41, 5.74) is -0.625. The van der Waals surface area contributed by atoms with E-state index < -0.39 is 11.7 Å². The fourth-order valence-corrected chi connectivity index (χ4v) is 2.52. The van der Waals surface area contributed by atoms with Gasteiger partial charge in [-0.15, -0.1) is 6.42 Å². The molecule has 2 amide bonds. The number of rotatable bonds is 5. The molecule has 2 rings (SSSR count). The molecular formula is C17H17F3N2O3. The number of hydrogen-bond acceptors (Lipinski definition) is 3. The average molecular weight is 354 g/mol. The number of amides is 2. The molecule has 1 N–H and O–H groups in total. The van der Waals surface area contributed by atoms with Crippen LogP contribution in [0.2, 0.25) is 0 Å². The van der Waals surface area contributed by atoms with E-state index in [1.165, 1.54) is 4.90 Å². The van der Waals surface area contributed by atoms with E-state index in [0.29, 0.717) is 19.5 Å². The number of likely N-dealkylation sites (tertiary alicyclic amines) is 1. The Morgan fingerprint density at radius 1 is 1.32 bits per heavy atom. The Bertz CT molecular complexity index is 665. The summed E-state index contributed by atoms with van der Waals surface area (Å²) in [7, 11) is 0. The molecule has 134 valence electrons. The zero-order valence-corrected chi connectivity index (χ0v) is 13.3. The summed E-state index contributed by atoms with van der Waals surface area (Å²) < 4.78 is 42.6. The Balaban J connectivity index is 1.88. The van der Waals surface area contributed by atoms with Gasteiger partial charge in [0.05, 0.1) is 5.56 Å². The van der Waals surface area contributed by atoms with Crippen LogP contribution in [-0.2, 0) is 15.7 Å². The van der Waals surface area contributed by atoms with E-state index in [2.05, 4.69) is 11.2 Å². The molecule has 5 nitrogen and oxygen atoms in total. The first-order valence-corrected chi connectivity index (χ1v) is 7.58. The SMILES string of the molecule is C#CCOCC(=O)NC1CCN(C(=O)c2ccc(C(F)(F)F)cc2)C1. The Morgan fingerprint density at radius 2 is 2.00 bits per heavy atom. The van der Waals surface area contributed by atoms with E-state index in [1.807, 2.05) is 0 Å². The molecule has 1 aliphatic rings. The van der Waals surface area contributed by atoms with Gasteiger partial charge in [0.15, 0.2) is 0 Å². The number of terminal acetylenes is 1. The molecule has 1 saturated heterocycles. The Hall–Kier alpha value is -2.53. The van der Waals surface area contributed by atoms with Gasteiger partial charge in [-0.05, 0) is 30.7 Å². The quantitative estimate of drug-likeness (QED) is 0.647. The Kier molecular flexibility index (Phi) is 6.04. The van der Waals surface area contributed by atoms with E-state index in [4.69, 9.17) is 11.2 Å². The van der Waals surface area contributed by atoms with Crippen LogP contribution in [0, 0.1) is 12.3 Å². The van der Waals surface area contributed by atoms with Crippen molar-refractivity contribution in [2.24, 2.45) is 0 Å². The highest BCUT2D eigenvalue weighted by atomic mass is 19.4.